The average molecular weight is 273 g/mol. The molecule has 20 heavy (non-hydrogen) atoms. The van der Waals surface area contributed by atoms with Crippen LogP contribution in [0.1, 0.15) is 30.4 Å². The number of hydrogen-bond donors (Lipinski definition) is 1. The first kappa shape index (κ1) is 14.3. The van der Waals surface area contributed by atoms with Gasteiger partial charge in [-0.3, -0.25) is 4.79 Å². The Morgan fingerprint density at radius 3 is 2.85 bits per heavy atom. The third-order valence-corrected chi connectivity index (χ3v) is 3.53. The van der Waals surface area contributed by atoms with E-state index in [1.165, 1.54) is 11.0 Å². The van der Waals surface area contributed by atoms with Gasteiger partial charge in [0.2, 0.25) is 5.91 Å². The molecule has 106 valence electrons. The topological polar surface area (TPSA) is 57.6 Å². The molecule has 1 aromatic rings. The number of carbonyl (C=O) groups is 2. The van der Waals surface area contributed by atoms with Gasteiger partial charge in [0.25, 0.3) is 0 Å². The molecule has 0 aromatic heterocycles. The third kappa shape index (κ3) is 3.47. The summed E-state index contributed by atoms with van der Waals surface area (Å²) in [5, 5.41) is 9.16. The van der Waals surface area contributed by atoms with Crippen molar-refractivity contribution >= 4 is 18.0 Å². The number of amides is 1. The number of rotatable bonds is 3. The Balaban J connectivity index is 2.08. The van der Waals surface area contributed by atoms with Gasteiger partial charge in [0.05, 0.1) is 0 Å². The Morgan fingerprint density at radius 2 is 2.15 bits per heavy atom. The summed E-state index contributed by atoms with van der Waals surface area (Å²) >= 11 is 0. The predicted octanol–water partition coefficient (Wildman–Crippen LogP) is 2.47. The van der Waals surface area contributed by atoms with Crippen LogP contribution in [-0.4, -0.2) is 34.5 Å². The Kier molecular flexibility index (Phi) is 4.56. The van der Waals surface area contributed by atoms with E-state index >= 15 is 0 Å². The fourth-order valence-corrected chi connectivity index (χ4v) is 2.49. The fourth-order valence-electron chi connectivity index (χ4n) is 2.49. The van der Waals surface area contributed by atoms with Crippen molar-refractivity contribution in [1.29, 1.82) is 0 Å². The van der Waals surface area contributed by atoms with Crippen molar-refractivity contribution in [2.24, 2.45) is 0 Å². The first-order valence-corrected chi connectivity index (χ1v) is 6.86. The van der Waals surface area contributed by atoms with Gasteiger partial charge in [0.15, 0.2) is 0 Å². The van der Waals surface area contributed by atoms with Crippen LogP contribution >= 0.6 is 0 Å². The molecule has 2 rings (SSSR count). The molecule has 0 unspecified atom stereocenters. The minimum absolute atomic E-state index is 0.224. The van der Waals surface area contributed by atoms with Gasteiger partial charge in [-0.05, 0) is 37.8 Å². The Bertz CT molecular complexity index is 536. The number of carboxylic acids is 1. The van der Waals surface area contributed by atoms with Gasteiger partial charge in [-0.2, -0.15) is 0 Å². The number of aryl methyl sites for hydroxylation is 1. The van der Waals surface area contributed by atoms with Crippen LogP contribution in [0.15, 0.2) is 30.3 Å². The Hall–Kier alpha value is -2.10. The summed E-state index contributed by atoms with van der Waals surface area (Å²) in [5.74, 6) is -1.14. The summed E-state index contributed by atoms with van der Waals surface area (Å²) < 4.78 is 0. The zero-order valence-corrected chi connectivity index (χ0v) is 11.6. The van der Waals surface area contributed by atoms with Gasteiger partial charge in [-0.25, -0.2) is 4.79 Å². The number of carboxylic acid groups (broad SMARTS) is 1. The van der Waals surface area contributed by atoms with Gasteiger partial charge in [0.1, 0.15) is 6.04 Å². The van der Waals surface area contributed by atoms with Crippen molar-refractivity contribution in [3.63, 3.8) is 0 Å². The molecule has 0 radical (unpaired) electrons. The molecule has 1 aliphatic heterocycles. The van der Waals surface area contributed by atoms with Crippen LogP contribution < -0.4 is 0 Å². The van der Waals surface area contributed by atoms with E-state index < -0.39 is 12.0 Å². The molecule has 0 bridgehead atoms. The van der Waals surface area contributed by atoms with E-state index in [9.17, 15) is 9.59 Å². The maximum Gasteiger partial charge on any atom is 0.326 e. The first-order chi connectivity index (χ1) is 9.58. The van der Waals surface area contributed by atoms with Crippen LogP contribution in [0, 0.1) is 6.92 Å². The molecular formula is C16H19NO3. The smallest absolute Gasteiger partial charge is 0.326 e. The molecule has 1 N–H and O–H groups in total. The lowest BCUT2D eigenvalue weighted by Gasteiger charge is -2.32. The van der Waals surface area contributed by atoms with Crippen molar-refractivity contribution in [1.82, 2.24) is 4.90 Å². The standard InChI is InChI=1S/C16H19NO3/c1-12-5-4-6-13(11-12)8-9-15(18)17-10-3-2-7-14(17)16(19)20/h4-6,8-9,11,14H,2-3,7,10H2,1H3,(H,19,20)/t14-/m0/s1. The van der Waals surface area contributed by atoms with Crippen LogP contribution in [-0.2, 0) is 9.59 Å². The highest BCUT2D eigenvalue weighted by molar-refractivity contribution is 5.94. The van der Waals surface area contributed by atoms with Gasteiger partial charge in [-0.1, -0.05) is 29.8 Å². The molecule has 0 saturated carbocycles. The van der Waals surface area contributed by atoms with Gasteiger partial charge in [0, 0.05) is 12.6 Å². The van der Waals surface area contributed by atoms with Crippen LogP contribution in [0.25, 0.3) is 6.08 Å². The minimum Gasteiger partial charge on any atom is -0.480 e. The van der Waals surface area contributed by atoms with Crippen LogP contribution in [0.5, 0.6) is 0 Å². The zero-order chi connectivity index (χ0) is 14.5. The lowest BCUT2D eigenvalue weighted by molar-refractivity contribution is -0.150. The Labute approximate surface area is 118 Å². The summed E-state index contributed by atoms with van der Waals surface area (Å²) in [6, 6.07) is 7.14. The summed E-state index contributed by atoms with van der Waals surface area (Å²) in [5.41, 5.74) is 2.07. The summed E-state index contributed by atoms with van der Waals surface area (Å²) in [6.45, 7) is 2.51. The Morgan fingerprint density at radius 1 is 1.35 bits per heavy atom. The van der Waals surface area contributed by atoms with Crippen molar-refractivity contribution < 1.29 is 14.7 Å². The van der Waals surface area contributed by atoms with E-state index in [1.807, 2.05) is 31.2 Å². The highest BCUT2D eigenvalue weighted by Crippen LogP contribution is 2.18. The fraction of sp³-hybridized carbons (Fsp3) is 0.375. The maximum absolute atomic E-state index is 12.1. The SMILES string of the molecule is Cc1cccc(C=CC(=O)N2CCCC[C@H]2C(=O)O)c1. The molecular weight excluding hydrogens is 254 g/mol. The van der Waals surface area contributed by atoms with Gasteiger partial charge in [-0.15, -0.1) is 0 Å². The molecule has 1 aliphatic rings. The largest absolute Gasteiger partial charge is 0.480 e. The first-order valence-electron chi connectivity index (χ1n) is 6.86. The maximum atomic E-state index is 12.1. The number of carbonyl (C=O) groups excluding carboxylic acids is 1. The normalized spacial score (nSPS) is 19.2. The monoisotopic (exact) mass is 273 g/mol. The van der Waals surface area contributed by atoms with Crippen molar-refractivity contribution in [2.75, 3.05) is 6.54 Å². The van der Waals surface area contributed by atoms with Crippen LogP contribution in [0.3, 0.4) is 0 Å². The summed E-state index contributed by atoms with van der Waals surface area (Å²) in [7, 11) is 0. The number of likely N-dealkylation sites (tertiary alicyclic amines) is 1. The lowest BCUT2D eigenvalue weighted by Crippen LogP contribution is -2.47. The molecule has 0 aliphatic carbocycles. The molecule has 4 heteroatoms. The van der Waals surface area contributed by atoms with E-state index in [0.717, 1.165) is 24.0 Å². The number of benzene rings is 1. The van der Waals surface area contributed by atoms with Gasteiger partial charge < -0.3 is 10.0 Å². The number of hydrogen-bond acceptors (Lipinski definition) is 2. The summed E-state index contributed by atoms with van der Waals surface area (Å²) in [6.07, 6.45) is 5.48. The molecule has 1 aromatic carbocycles. The van der Waals surface area contributed by atoms with E-state index in [-0.39, 0.29) is 5.91 Å². The second-order valence-electron chi connectivity index (χ2n) is 5.13. The number of nitrogens with zero attached hydrogens (tertiary/aromatic N) is 1. The van der Waals surface area contributed by atoms with E-state index in [2.05, 4.69) is 0 Å². The second-order valence-corrected chi connectivity index (χ2v) is 5.13. The molecule has 0 spiro atoms. The molecule has 1 saturated heterocycles. The van der Waals surface area contributed by atoms with Crippen molar-refractivity contribution in [3.05, 3.63) is 41.5 Å². The predicted molar refractivity (Wildman–Crippen MR) is 77.2 cm³/mol. The minimum atomic E-state index is -0.915. The van der Waals surface area contributed by atoms with E-state index in [0.29, 0.717) is 13.0 Å². The molecule has 1 heterocycles. The van der Waals surface area contributed by atoms with Gasteiger partial charge >= 0.3 is 5.97 Å². The molecule has 1 atom stereocenters. The van der Waals surface area contributed by atoms with Crippen molar-refractivity contribution in [2.45, 2.75) is 32.2 Å². The number of aliphatic carboxylic acids is 1. The average Bonchev–Trinajstić information content (AvgIpc) is 2.45. The molecule has 4 nitrogen and oxygen atoms in total. The third-order valence-electron chi connectivity index (χ3n) is 3.53. The second kappa shape index (κ2) is 6.37. The quantitative estimate of drug-likeness (QED) is 0.861. The molecule has 1 amide bonds. The zero-order valence-electron chi connectivity index (χ0n) is 11.6. The van der Waals surface area contributed by atoms with Crippen molar-refractivity contribution in [3.8, 4) is 0 Å². The number of piperidine rings is 1. The molecule has 1 fully saturated rings. The van der Waals surface area contributed by atoms with Crippen LogP contribution in [0.2, 0.25) is 0 Å². The highest BCUT2D eigenvalue weighted by Gasteiger charge is 2.30. The summed E-state index contributed by atoms with van der Waals surface area (Å²) in [4.78, 5) is 24.8. The van der Waals surface area contributed by atoms with E-state index in [4.69, 9.17) is 5.11 Å². The van der Waals surface area contributed by atoms with E-state index in [1.54, 1.807) is 6.08 Å². The highest BCUT2D eigenvalue weighted by atomic mass is 16.4. The lowest BCUT2D eigenvalue weighted by atomic mass is 10.0. The van der Waals surface area contributed by atoms with Crippen LogP contribution in [0.4, 0.5) is 0 Å².